The lowest BCUT2D eigenvalue weighted by Gasteiger charge is -2.26. The minimum atomic E-state index is -3.42. The SMILES string of the molecule is CC(C)OC[C@H]1O[C@@H](C)C[C@H]1OP(O)(=S)OC[C@H]1O[C@@H](C)CC1OC(C)C. The van der Waals surface area contributed by atoms with Gasteiger partial charge in [-0.05, 0) is 53.3 Å². The van der Waals surface area contributed by atoms with E-state index in [1.807, 2.05) is 41.5 Å². The van der Waals surface area contributed by atoms with Crippen molar-refractivity contribution in [2.45, 2.75) is 103 Å². The van der Waals surface area contributed by atoms with Gasteiger partial charge in [-0.25, -0.2) is 0 Å². The van der Waals surface area contributed by atoms with Crippen LogP contribution in [0.15, 0.2) is 0 Å². The predicted molar refractivity (Wildman–Crippen MR) is 106 cm³/mol. The largest absolute Gasteiger partial charge is 0.376 e. The van der Waals surface area contributed by atoms with Crippen LogP contribution in [0.25, 0.3) is 0 Å². The molecule has 0 radical (unpaired) electrons. The van der Waals surface area contributed by atoms with Gasteiger partial charge in [-0.2, -0.15) is 0 Å². The first-order chi connectivity index (χ1) is 12.6. The maximum atomic E-state index is 10.5. The standard InChI is InChI=1S/C18H35O7PS/c1-11(2)20-9-17-16(8-14(6)23-17)25-26(19,27)21-10-18-15(22-12(3)4)7-13(5)24-18/h11-18H,7-10H2,1-6H3,(H,19,27)/t13-,14-,15?,16+,17+,18+,26?/m0/s1. The quantitative estimate of drug-likeness (QED) is 0.534. The molecule has 0 aliphatic carbocycles. The smallest absolute Gasteiger partial charge is 0.324 e. The lowest BCUT2D eigenvalue weighted by molar-refractivity contribution is -0.0663. The highest BCUT2D eigenvalue weighted by atomic mass is 32.5. The van der Waals surface area contributed by atoms with Crippen LogP contribution in [0.1, 0.15) is 54.4 Å². The zero-order valence-corrected chi connectivity index (χ0v) is 18.9. The highest BCUT2D eigenvalue weighted by Crippen LogP contribution is 2.48. The fourth-order valence-electron chi connectivity index (χ4n) is 3.39. The highest BCUT2D eigenvalue weighted by Gasteiger charge is 2.40. The van der Waals surface area contributed by atoms with Gasteiger partial charge < -0.3 is 32.9 Å². The summed E-state index contributed by atoms with van der Waals surface area (Å²) < 4.78 is 34.6. The van der Waals surface area contributed by atoms with Crippen LogP contribution in [-0.4, -0.2) is 66.9 Å². The van der Waals surface area contributed by atoms with Crippen molar-refractivity contribution in [2.24, 2.45) is 0 Å². The number of hydrogen-bond donors (Lipinski definition) is 1. The maximum Gasteiger partial charge on any atom is 0.324 e. The fraction of sp³-hybridized carbons (Fsp3) is 1.00. The molecular weight excluding hydrogens is 391 g/mol. The van der Waals surface area contributed by atoms with E-state index in [-0.39, 0.29) is 55.4 Å². The Balaban J connectivity index is 1.87. The zero-order valence-electron chi connectivity index (χ0n) is 17.2. The van der Waals surface area contributed by atoms with Crippen LogP contribution in [0.4, 0.5) is 0 Å². The van der Waals surface area contributed by atoms with Gasteiger partial charge in [0.25, 0.3) is 0 Å². The number of hydrogen-bond acceptors (Lipinski definition) is 7. The molecule has 7 atom stereocenters. The second-order valence-corrected chi connectivity index (χ2v) is 10.7. The van der Waals surface area contributed by atoms with Gasteiger partial charge in [-0.1, -0.05) is 0 Å². The van der Waals surface area contributed by atoms with Crippen LogP contribution in [-0.2, 0) is 39.8 Å². The van der Waals surface area contributed by atoms with Crippen molar-refractivity contribution in [1.29, 1.82) is 0 Å². The molecule has 9 heteroatoms. The molecule has 0 saturated carbocycles. The molecule has 2 fully saturated rings. The molecule has 0 spiro atoms. The number of rotatable bonds is 10. The van der Waals surface area contributed by atoms with E-state index in [0.717, 1.165) is 6.42 Å². The molecule has 1 N–H and O–H groups in total. The topological polar surface area (TPSA) is 75.6 Å². The van der Waals surface area contributed by atoms with Crippen molar-refractivity contribution in [2.75, 3.05) is 13.2 Å². The molecule has 160 valence electrons. The van der Waals surface area contributed by atoms with E-state index in [0.29, 0.717) is 13.0 Å². The summed E-state index contributed by atoms with van der Waals surface area (Å²) >= 11 is 5.23. The van der Waals surface area contributed by atoms with Gasteiger partial charge in [-0.15, -0.1) is 0 Å². The highest BCUT2D eigenvalue weighted by molar-refractivity contribution is 8.07. The summed E-state index contributed by atoms with van der Waals surface area (Å²) in [6.45, 7) is 8.99. The summed E-state index contributed by atoms with van der Waals surface area (Å²) in [5, 5.41) is 0. The van der Waals surface area contributed by atoms with Gasteiger partial charge in [-0.3, -0.25) is 0 Å². The van der Waals surface area contributed by atoms with Crippen molar-refractivity contribution < 1.29 is 32.9 Å². The summed E-state index contributed by atoms with van der Waals surface area (Å²) in [7, 11) is 0. The normalized spacial score (nSPS) is 36.6. The predicted octanol–water partition coefficient (Wildman–Crippen LogP) is 3.18. The Labute approximate surface area is 168 Å². The summed E-state index contributed by atoms with van der Waals surface area (Å²) in [4.78, 5) is 10.5. The molecule has 2 saturated heterocycles. The summed E-state index contributed by atoms with van der Waals surface area (Å²) in [5.41, 5.74) is 0. The molecule has 0 bridgehead atoms. The van der Waals surface area contributed by atoms with Crippen LogP contribution >= 0.6 is 6.72 Å². The Morgan fingerprint density at radius 2 is 1.52 bits per heavy atom. The second kappa shape index (κ2) is 10.4. The van der Waals surface area contributed by atoms with E-state index in [4.69, 9.17) is 39.8 Å². The molecule has 7 nitrogen and oxygen atoms in total. The molecule has 0 aromatic rings. The molecule has 27 heavy (non-hydrogen) atoms. The fourth-order valence-corrected chi connectivity index (χ4v) is 4.87. The molecular formula is C18H35O7PS. The monoisotopic (exact) mass is 426 g/mol. The number of ether oxygens (including phenoxy) is 4. The first-order valence-corrected chi connectivity index (χ1v) is 12.4. The van der Waals surface area contributed by atoms with E-state index in [9.17, 15) is 4.89 Å². The van der Waals surface area contributed by atoms with Crippen molar-refractivity contribution in [1.82, 2.24) is 0 Å². The Bertz CT molecular complexity index is 504. The Hall–Kier alpha value is 0.370. The third kappa shape index (κ3) is 7.96. The van der Waals surface area contributed by atoms with Crippen LogP contribution < -0.4 is 0 Å². The minimum Gasteiger partial charge on any atom is -0.376 e. The van der Waals surface area contributed by atoms with Crippen molar-refractivity contribution in [3.05, 3.63) is 0 Å². The van der Waals surface area contributed by atoms with Gasteiger partial charge in [0.15, 0.2) is 0 Å². The summed E-state index contributed by atoms with van der Waals surface area (Å²) in [5.74, 6) is 0. The van der Waals surface area contributed by atoms with Gasteiger partial charge in [0.2, 0.25) is 0 Å². The minimum absolute atomic E-state index is 0.0219. The van der Waals surface area contributed by atoms with Crippen molar-refractivity contribution >= 4 is 18.5 Å². The molecule has 2 unspecified atom stereocenters. The average molecular weight is 427 g/mol. The molecule has 2 aliphatic heterocycles. The van der Waals surface area contributed by atoms with E-state index in [2.05, 4.69) is 0 Å². The Morgan fingerprint density at radius 1 is 0.963 bits per heavy atom. The molecule has 0 aromatic carbocycles. The molecule has 2 heterocycles. The first kappa shape index (κ1) is 23.6. The average Bonchev–Trinajstić information content (AvgIpc) is 3.04. The van der Waals surface area contributed by atoms with Crippen molar-refractivity contribution in [3.63, 3.8) is 0 Å². The molecule has 2 aliphatic rings. The first-order valence-electron chi connectivity index (χ1n) is 9.79. The van der Waals surface area contributed by atoms with Crippen LogP contribution in [0.2, 0.25) is 0 Å². The van der Waals surface area contributed by atoms with E-state index < -0.39 is 6.72 Å². The summed E-state index contributed by atoms with van der Waals surface area (Å²) in [6, 6.07) is 0. The lowest BCUT2D eigenvalue weighted by Crippen LogP contribution is -2.32. The van der Waals surface area contributed by atoms with E-state index >= 15 is 0 Å². The summed E-state index contributed by atoms with van der Waals surface area (Å²) in [6.07, 6.45) is 0.790. The zero-order chi connectivity index (χ0) is 20.2. The van der Waals surface area contributed by atoms with Crippen LogP contribution in [0.3, 0.4) is 0 Å². The van der Waals surface area contributed by atoms with Gasteiger partial charge in [0, 0.05) is 12.8 Å². The molecule has 0 amide bonds. The van der Waals surface area contributed by atoms with Crippen LogP contribution in [0.5, 0.6) is 0 Å². The van der Waals surface area contributed by atoms with Crippen LogP contribution in [0, 0.1) is 0 Å². The third-order valence-electron chi connectivity index (χ3n) is 4.48. The lowest BCUT2D eigenvalue weighted by atomic mass is 10.1. The third-order valence-corrected chi connectivity index (χ3v) is 6.07. The second-order valence-electron chi connectivity index (χ2n) is 7.96. The Kier molecular flexibility index (Phi) is 9.12. The van der Waals surface area contributed by atoms with E-state index in [1.165, 1.54) is 0 Å². The Morgan fingerprint density at radius 3 is 2.07 bits per heavy atom. The van der Waals surface area contributed by atoms with Gasteiger partial charge >= 0.3 is 6.72 Å². The molecule has 0 aromatic heterocycles. The molecule has 2 rings (SSSR count). The van der Waals surface area contributed by atoms with Gasteiger partial charge in [0.1, 0.15) is 12.2 Å². The van der Waals surface area contributed by atoms with Gasteiger partial charge in [0.05, 0.1) is 49.8 Å². The van der Waals surface area contributed by atoms with E-state index in [1.54, 1.807) is 0 Å². The maximum absolute atomic E-state index is 10.5. The van der Waals surface area contributed by atoms with Crippen molar-refractivity contribution in [3.8, 4) is 0 Å².